The van der Waals surface area contributed by atoms with E-state index in [-0.39, 0.29) is 16.7 Å². The Kier molecular flexibility index (Phi) is 5.17. The molecule has 0 aromatic heterocycles. The number of carbonyl (C=O) groups is 2. The van der Waals surface area contributed by atoms with Crippen molar-refractivity contribution in [2.24, 2.45) is 0 Å². The monoisotopic (exact) mass is 287 g/mol. The number of hydrogen-bond acceptors (Lipinski definition) is 3. The minimum Gasteiger partial charge on any atom is -0.478 e. The summed E-state index contributed by atoms with van der Waals surface area (Å²) in [6.07, 6.45) is 0. The second-order valence-corrected chi connectivity index (χ2v) is 5.61. The van der Waals surface area contributed by atoms with Gasteiger partial charge in [-0.25, -0.2) is 9.18 Å². The molecule has 0 bridgehead atoms. The summed E-state index contributed by atoms with van der Waals surface area (Å²) in [5.41, 5.74) is -0.560. The van der Waals surface area contributed by atoms with Crippen LogP contribution < -0.4 is 5.32 Å². The van der Waals surface area contributed by atoms with Gasteiger partial charge >= 0.3 is 5.97 Å². The quantitative estimate of drug-likeness (QED) is 0.851. The normalized spacial score (nSPS) is 12.2. The fourth-order valence-corrected chi connectivity index (χ4v) is 2.33. The first-order valence-corrected chi connectivity index (χ1v) is 6.83. The fraction of sp³-hybridized carbons (Fsp3) is 0.333. The first kappa shape index (κ1) is 15.3. The number of amides is 1. The molecule has 1 atom stereocenters. The van der Waals surface area contributed by atoms with Crippen molar-refractivity contribution in [2.45, 2.75) is 24.8 Å². The first-order chi connectivity index (χ1) is 8.81. The third-order valence-corrected chi connectivity index (χ3v) is 3.45. The highest BCUT2D eigenvalue weighted by Crippen LogP contribution is 2.14. The fourth-order valence-electron chi connectivity index (χ4n) is 1.38. The van der Waals surface area contributed by atoms with Gasteiger partial charge in [-0.2, -0.15) is 0 Å². The van der Waals surface area contributed by atoms with Gasteiger partial charge in [-0.15, -0.1) is 0 Å². The number of carboxylic acid groups (broad SMARTS) is 1. The summed E-state index contributed by atoms with van der Waals surface area (Å²) in [5.74, 6) is -3.04. The summed E-state index contributed by atoms with van der Waals surface area (Å²) in [4.78, 5) is 22.3. The van der Waals surface area contributed by atoms with Crippen molar-refractivity contribution in [3.63, 3.8) is 0 Å². The summed E-state index contributed by atoms with van der Waals surface area (Å²) in [5, 5.41) is 11.3. The molecule has 0 heterocycles. The molecule has 0 fully saturated rings. The molecule has 0 aliphatic carbocycles. The third kappa shape index (κ3) is 4.44. The lowest BCUT2D eigenvalue weighted by Gasteiger charge is -2.08. The van der Waals surface area contributed by atoms with Crippen LogP contribution in [-0.4, -0.2) is 33.0 Å². The van der Waals surface area contributed by atoms with Crippen molar-refractivity contribution in [3.05, 3.63) is 29.6 Å². The summed E-state index contributed by atoms with van der Waals surface area (Å²) in [7, 11) is -1.71. The van der Waals surface area contributed by atoms with Crippen LogP contribution in [0.4, 0.5) is 4.39 Å². The number of halogens is 1. The second-order valence-electron chi connectivity index (χ2n) is 4.16. The van der Waals surface area contributed by atoms with E-state index in [4.69, 9.17) is 5.11 Å². The minimum absolute atomic E-state index is 0.0766. The Balaban J connectivity index is 2.86. The van der Waals surface area contributed by atoms with E-state index in [1.165, 1.54) is 6.07 Å². The number of carboxylic acids is 1. The molecule has 0 aliphatic rings. The van der Waals surface area contributed by atoms with Crippen LogP contribution in [0.3, 0.4) is 0 Å². The molecule has 0 radical (unpaired) electrons. The predicted octanol–water partition coefficient (Wildman–Crippen LogP) is 1.16. The number of benzene rings is 1. The molecule has 0 aliphatic heterocycles. The predicted molar refractivity (Wildman–Crippen MR) is 67.9 cm³/mol. The molecular weight excluding hydrogens is 273 g/mol. The van der Waals surface area contributed by atoms with Gasteiger partial charge in [-0.1, -0.05) is 0 Å². The van der Waals surface area contributed by atoms with Crippen molar-refractivity contribution in [2.75, 3.05) is 5.75 Å². The molecule has 0 spiro atoms. The molecule has 5 nitrogen and oxygen atoms in total. The van der Waals surface area contributed by atoms with E-state index >= 15 is 0 Å². The molecule has 1 amide bonds. The van der Waals surface area contributed by atoms with Crippen LogP contribution in [0.1, 0.15) is 24.2 Å². The lowest BCUT2D eigenvalue weighted by molar-refractivity contribution is -0.119. The Labute approximate surface area is 112 Å². The molecule has 7 heteroatoms. The van der Waals surface area contributed by atoms with Gasteiger partial charge in [0, 0.05) is 10.9 Å². The largest absolute Gasteiger partial charge is 0.478 e. The number of aromatic carboxylic acids is 1. The summed E-state index contributed by atoms with van der Waals surface area (Å²) >= 11 is 0. The zero-order valence-electron chi connectivity index (χ0n) is 10.5. The van der Waals surface area contributed by atoms with Gasteiger partial charge < -0.3 is 10.4 Å². The highest BCUT2D eigenvalue weighted by Gasteiger charge is 2.16. The van der Waals surface area contributed by atoms with Gasteiger partial charge in [-0.05, 0) is 32.0 Å². The number of carbonyl (C=O) groups excluding carboxylic acids is 1. The number of hydrogen-bond donors (Lipinski definition) is 2. The Bertz CT molecular complexity index is 530. The Hall–Kier alpha value is -1.76. The van der Waals surface area contributed by atoms with E-state index in [9.17, 15) is 18.2 Å². The Morgan fingerprint density at radius 1 is 1.42 bits per heavy atom. The van der Waals surface area contributed by atoms with Crippen LogP contribution >= 0.6 is 0 Å². The summed E-state index contributed by atoms with van der Waals surface area (Å²) < 4.78 is 25.0. The van der Waals surface area contributed by atoms with Crippen LogP contribution in [0.15, 0.2) is 23.1 Å². The molecule has 0 saturated heterocycles. The Morgan fingerprint density at radius 3 is 2.58 bits per heavy atom. The molecule has 1 unspecified atom stereocenters. The number of nitrogens with one attached hydrogen (secondary N) is 1. The van der Waals surface area contributed by atoms with E-state index in [1.807, 2.05) is 0 Å². The van der Waals surface area contributed by atoms with Crippen LogP contribution in [0.2, 0.25) is 0 Å². The summed E-state index contributed by atoms with van der Waals surface area (Å²) in [6.45, 7) is 3.53. The van der Waals surface area contributed by atoms with Gasteiger partial charge in [0.2, 0.25) is 5.91 Å². The lowest BCUT2D eigenvalue weighted by Crippen LogP contribution is -2.33. The molecule has 19 heavy (non-hydrogen) atoms. The van der Waals surface area contributed by atoms with Crippen LogP contribution in [0, 0.1) is 5.82 Å². The highest BCUT2D eigenvalue weighted by atomic mass is 32.2. The maximum absolute atomic E-state index is 13.2. The average Bonchev–Trinajstić information content (AvgIpc) is 2.27. The number of rotatable bonds is 5. The van der Waals surface area contributed by atoms with Crippen molar-refractivity contribution in [1.29, 1.82) is 0 Å². The first-order valence-electron chi connectivity index (χ1n) is 5.52. The van der Waals surface area contributed by atoms with E-state index in [2.05, 4.69) is 5.32 Å². The Morgan fingerprint density at radius 2 is 2.05 bits per heavy atom. The maximum Gasteiger partial charge on any atom is 0.338 e. The summed E-state index contributed by atoms with van der Waals surface area (Å²) in [6, 6.07) is 3.04. The van der Waals surface area contributed by atoms with Crippen LogP contribution in [0.5, 0.6) is 0 Å². The average molecular weight is 287 g/mol. The maximum atomic E-state index is 13.2. The van der Waals surface area contributed by atoms with Gasteiger partial charge in [0.25, 0.3) is 0 Å². The van der Waals surface area contributed by atoms with Gasteiger partial charge in [0.1, 0.15) is 11.6 Å². The molecule has 1 aromatic rings. The van der Waals surface area contributed by atoms with E-state index in [0.717, 1.165) is 12.1 Å². The van der Waals surface area contributed by atoms with E-state index < -0.39 is 34.1 Å². The highest BCUT2D eigenvalue weighted by molar-refractivity contribution is 7.85. The molecule has 104 valence electrons. The molecule has 1 aromatic carbocycles. The van der Waals surface area contributed by atoms with Gasteiger partial charge in [-0.3, -0.25) is 9.00 Å². The van der Waals surface area contributed by atoms with Gasteiger partial charge in [0.05, 0.1) is 16.4 Å². The van der Waals surface area contributed by atoms with E-state index in [1.54, 1.807) is 13.8 Å². The zero-order chi connectivity index (χ0) is 14.6. The van der Waals surface area contributed by atoms with Gasteiger partial charge in [0.15, 0.2) is 0 Å². The molecule has 0 saturated carbocycles. The topological polar surface area (TPSA) is 83.5 Å². The smallest absolute Gasteiger partial charge is 0.338 e. The van der Waals surface area contributed by atoms with Crippen molar-refractivity contribution < 1.29 is 23.3 Å². The second kappa shape index (κ2) is 6.42. The SMILES string of the molecule is CC(C)NC(=O)CS(=O)c1ccc(F)c(C(=O)O)c1. The van der Waals surface area contributed by atoms with Crippen LogP contribution in [-0.2, 0) is 15.6 Å². The third-order valence-electron chi connectivity index (χ3n) is 2.14. The zero-order valence-corrected chi connectivity index (χ0v) is 11.3. The van der Waals surface area contributed by atoms with Crippen molar-refractivity contribution in [1.82, 2.24) is 5.32 Å². The van der Waals surface area contributed by atoms with Crippen molar-refractivity contribution in [3.8, 4) is 0 Å². The minimum atomic E-state index is -1.71. The van der Waals surface area contributed by atoms with Crippen LogP contribution in [0.25, 0.3) is 0 Å². The lowest BCUT2D eigenvalue weighted by atomic mass is 10.2. The molecule has 2 N–H and O–H groups in total. The van der Waals surface area contributed by atoms with Crippen molar-refractivity contribution >= 4 is 22.7 Å². The standard InChI is InChI=1S/C12H14FNO4S/c1-7(2)14-11(15)6-19(18)8-3-4-10(13)9(5-8)12(16)17/h3-5,7H,6H2,1-2H3,(H,14,15)(H,16,17). The molecular formula is C12H14FNO4S. The molecule has 1 rings (SSSR count). The van der Waals surface area contributed by atoms with E-state index in [0.29, 0.717) is 0 Å².